The van der Waals surface area contributed by atoms with Crippen LogP contribution in [-0.2, 0) is 6.54 Å². The van der Waals surface area contributed by atoms with E-state index in [0.29, 0.717) is 12.8 Å². The second-order valence-electron chi connectivity index (χ2n) is 6.44. The lowest BCUT2D eigenvalue weighted by Gasteiger charge is -2.32. The fraction of sp³-hybridized carbons (Fsp3) is 0.316. The van der Waals surface area contributed by atoms with Gasteiger partial charge in [-0.05, 0) is 24.5 Å². The zero-order valence-corrected chi connectivity index (χ0v) is 14.4. The molecule has 26 heavy (non-hydrogen) atoms. The van der Waals surface area contributed by atoms with Gasteiger partial charge in [-0.1, -0.05) is 30.3 Å². The molecule has 1 aromatic heterocycles. The van der Waals surface area contributed by atoms with E-state index in [2.05, 4.69) is 10.6 Å². The van der Waals surface area contributed by atoms with Gasteiger partial charge >= 0.3 is 0 Å². The van der Waals surface area contributed by atoms with Gasteiger partial charge in [0, 0.05) is 19.3 Å². The Hall–Kier alpha value is -2.93. The minimum Gasteiger partial charge on any atom is -0.393 e. The molecule has 7 nitrogen and oxygen atoms in total. The molecular formula is C19H21N3O4. The molecule has 2 aromatic rings. The van der Waals surface area contributed by atoms with Crippen LogP contribution >= 0.6 is 0 Å². The number of rotatable bonds is 5. The molecule has 0 atom stereocenters. The lowest BCUT2D eigenvalue weighted by Crippen LogP contribution is -2.47. The number of benzene rings is 1. The van der Waals surface area contributed by atoms with Crippen molar-refractivity contribution in [2.24, 2.45) is 0 Å². The van der Waals surface area contributed by atoms with E-state index in [9.17, 15) is 19.5 Å². The summed E-state index contributed by atoms with van der Waals surface area (Å²) in [6.45, 7) is 0.257. The Morgan fingerprint density at radius 2 is 1.88 bits per heavy atom. The van der Waals surface area contributed by atoms with Crippen molar-refractivity contribution in [2.45, 2.75) is 31.5 Å². The molecule has 2 amide bonds. The summed E-state index contributed by atoms with van der Waals surface area (Å²) in [6.07, 6.45) is 2.11. The summed E-state index contributed by atoms with van der Waals surface area (Å²) in [6, 6.07) is 10.6. The number of amides is 2. The first kappa shape index (κ1) is 17.9. The molecule has 3 rings (SSSR count). The van der Waals surface area contributed by atoms with Gasteiger partial charge in [-0.15, -0.1) is 0 Å². The number of carbonyl (C=O) groups is 2. The molecule has 1 aromatic carbocycles. The van der Waals surface area contributed by atoms with Crippen molar-refractivity contribution < 1.29 is 14.7 Å². The summed E-state index contributed by atoms with van der Waals surface area (Å²) in [5.74, 6) is -0.903. The van der Waals surface area contributed by atoms with Crippen LogP contribution in [0.25, 0.3) is 0 Å². The lowest BCUT2D eigenvalue weighted by molar-refractivity contribution is 0.0562. The molecule has 0 unspecified atom stereocenters. The van der Waals surface area contributed by atoms with E-state index < -0.39 is 11.5 Å². The number of aliphatic hydroxyl groups excluding tert-OH is 1. The first-order valence-corrected chi connectivity index (χ1v) is 8.47. The molecule has 1 saturated carbocycles. The molecule has 1 heterocycles. The molecule has 0 radical (unpaired) electrons. The molecule has 1 fully saturated rings. The first-order valence-electron chi connectivity index (χ1n) is 8.47. The van der Waals surface area contributed by atoms with E-state index in [1.165, 1.54) is 23.9 Å². The molecule has 0 bridgehead atoms. The van der Waals surface area contributed by atoms with Gasteiger partial charge in [0.25, 0.3) is 17.4 Å². The molecule has 1 aliphatic rings. The number of carbonyl (C=O) groups excluding carboxylic acids is 2. The summed E-state index contributed by atoms with van der Waals surface area (Å²) in [5, 5.41) is 14.6. The van der Waals surface area contributed by atoms with Crippen LogP contribution in [0.15, 0.2) is 47.4 Å². The zero-order chi connectivity index (χ0) is 18.7. The van der Waals surface area contributed by atoms with Crippen molar-refractivity contribution in [3.8, 4) is 0 Å². The summed E-state index contributed by atoms with van der Waals surface area (Å²) in [5.41, 5.74) is 0.589. The van der Waals surface area contributed by atoms with Crippen molar-refractivity contribution in [1.29, 1.82) is 0 Å². The predicted molar refractivity (Wildman–Crippen MR) is 96.1 cm³/mol. The van der Waals surface area contributed by atoms with Gasteiger partial charge in [-0.25, -0.2) is 0 Å². The molecular weight excluding hydrogens is 334 g/mol. The maximum atomic E-state index is 12.6. The van der Waals surface area contributed by atoms with Gasteiger partial charge in [0.2, 0.25) is 0 Å². The molecule has 0 spiro atoms. The quantitative estimate of drug-likeness (QED) is 0.727. The highest BCUT2D eigenvalue weighted by molar-refractivity contribution is 5.99. The van der Waals surface area contributed by atoms with Crippen LogP contribution < -0.4 is 16.2 Å². The van der Waals surface area contributed by atoms with E-state index in [4.69, 9.17) is 0 Å². The Balaban J connectivity index is 1.93. The number of nitrogens with zero attached hydrogens (tertiary/aromatic N) is 1. The minimum absolute atomic E-state index is 0.0790. The number of hydrogen-bond acceptors (Lipinski definition) is 4. The Kier molecular flexibility index (Phi) is 5.18. The highest BCUT2D eigenvalue weighted by Crippen LogP contribution is 2.19. The summed E-state index contributed by atoms with van der Waals surface area (Å²) < 4.78 is 1.37. The fourth-order valence-electron chi connectivity index (χ4n) is 2.93. The topological polar surface area (TPSA) is 100 Å². The maximum Gasteiger partial charge on any atom is 0.263 e. The van der Waals surface area contributed by atoms with Gasteiger partial charge in [0.1, 0.15) is 5.56 Å². The van der Waals surface area contributed by atoms with Crippen LogP contribution in [0.3, 0.4) is 0 Å². The normalized spacial score (nSPS) is 18.7. The summed E-state index contributed by atoms with van der Waals surface area (Å²) >= 11 is 0. The monoisotopic (exact) mass is 355 g/mol. The molecule has 7 heteroatoms. The Morgan fingerprint density at radius 3 is 2.50 bits per heavy atom. The van der Waals surface area contributed by atoms with Gasteiger partial charge in [0.05, 0.1) is 18.2 Å². The van der Waals surface area contributed by atoms with E-state index >= 15 is 0 Å². The Labute approximate surface area is 150 Å². The average Bonchev–Trinajstić information content (AvgIpc) is 2.62. The predicted octanol–water partition coefficient (Wildman–Crippen LogP) is 0.509. The summed E-state index contributed by atoms with van der Waals surface area (Å²) in [7, 11) is 1.44. The third kappa shape index (κ3) is 3.83. The highest BCUT2D eigenvalue weighted by atomic mass is 16.3. The maximum absolute atomic E-state index is 12.6. The molecule has 3 N–H and O–H groups in total. The van der Waals surface area contributed by atoms with Crippen LogP contribution in [0.4, 0.5) is 0 Å². The van der Waals surface area contributed by atoms with Crippen molar-refractivity contribution in [3.05, 3.63) is 69.6 Å². The largest absolute Gasteiger partial charge is 0.393 e. The number of pyridine rings is 1. The van der Waals surface area contributed by atoms with Gasteiger partial charge in [-0.3, -0.25) is 14.4 Å². The zero-order valence-electron chi connectivity index (χ0n) is 14.4. The van der Waals surface area contributed by atoms with Crippen LogP contribution in [0.5, 0.6) is 0 Å². The molecule has 136 valence electrons. The SMILES string of the molecule is CNC(=O)c1cc(C(=O)NC2CC(O)C2)cn(Cc2ccccc2)c1=O. The van der Waals surface area contributed by atoms with Gasteiger partial charge in [0.15, 0.2) is 0 Å². The highest BCUT2D eigenvalue weighted by Gasteiger charge is 2.29. The Morgan fingerprint density at radius 1 is 1.19 bits per heavy atom. The fourth-order valence-corrected chi connectivity index (χ4v) is 2.93. The van der Waals surface area contributed by atoms with Crippen molar-refractivity contribution in [3.63, 3.8) is 0 Å². The van der Waals surface area contributed by atoms with Crippen LogP contribution in [0, 0.1) is 0 Å². The number of nitrogens with one attached hydrogen (secondary N) is 2. The average molecular weight is 355 g/mol. The van der Waals surface area contributed by atoms with E-state index in [0.717, 1.165) is 5.56 Å². The van der Waals surface area contributed by atoms with E-state index in [1.54, 1.807) is 0 Å². The Bertz CT molecular complexity index is 870. The number of aliphatic hydroxyl groups is 1. The second-order valence-corrected chi connectivity index (χ2v) is 6.44. The number of aromatic nitrogens is 1. The summed E-state index contributed by atoms with van der Waals surface area (Å²) in [4.78, 5) is 37.2. The van der Waals surface area contributed by atoms with Crippen molar-refractivity contribution in [1.82, 2.24) is 15.2 Å². The van der Waals surface area contributed by atoms with Crippen LogP contribution in [-0.4, -0.2) is 40.7 Å². The number of hydrogen-bond donors (Lipinski definition) is 3. The van der Waals surface area contributed by atoms with Crippen LogP contribution in [0.2, 0.25) is 0 Å². The van der Waals surface area contributed by atoms with Crippen LogP contribution in [0.1, 0.15) is 39.1 Å². The lowest BCUT2D eigenvalue weighted by atomic mass is 9.89. The smallest absolute Gasteiger partial charge is 0.263 e. The van der Waals surface area contributed by atoms with Gasteiger partial charge in [-0.2, -0.15) is 0 Å². The molecule has 1 aliphatic carbocycles. The third-order valence-corrected chi connectivity index (χ3v) is 4.46. The van der Waals surface area contributed by atoms with E-state index in [-0.39, 0.29) is 35.7 Å². The first-order chi connectivity index (χ1) is 12.5. The molecule has 0 aliphatic heterocycles. The third-order valence-electron chi connectivity index (χ3n) is 4.46. The van der Waals surface area contributed by atoms with Crippen molar-refractivity contribution in [2.75, 3.05) is 7.05 Å². The molecule has 0 saturated heterocycles. The standard InChI is InChI=1S/C19H21N3O4/c1-20-18(25)16-7-13(17(24)21-14-8-15(23)9-14)11-22(19(16)26)10-12-5-3-2-4-6-12/h2-7,11,14-15,23H,8-10H2,1H3,(H,20,25)(H,21,24). The second kappa shape index (κ2) is 7.53. The van der Waals surface area contributed by atoms with E-state index in [1.807, 2.05) is 30.3 Å². The van der Waals surface area contributed by atoms with Crippen molar-refractivity contribution >= 4 is 11.8 Å². The van der Waals surface area contributed by atoms with Gasteiger partial charge < -0.3 is 20.3 Å². The minimum atomic E-state index is -0.537.